The van der Waals surface area contributed by atoms with E-state index < -0.39 is 0 Å². The van der Waals surface area contributed by atoms with Crippen LogP contribution >= 0.6 is 0 Å². The lowest BCUT2D eigenvalue weighted by Crippen LogP contribution is -2.56. The van der Waals surface area contributed by atoms with Gasteiger partial charge in [0.15, 0.2) is 6.29 Å². The summed E-state index contributed by atoms with van der Waals surface area (Å²) in [6.45, 7) is 6.19. The average molecular weight is 400 g/mol. The molecule has 5 nitrogen and oxygen atoms in total. The van der Waals surface area contributed by atoms with E-state index in [9.17, 15) is 0 Å². The molecule has 0 radical (unpaired) electrons. The average Bonchev–Trinajstić information content (AvgIpc) is 2.77. The zero-order valence-corrected chi connectivity index (χ0v) is 17.4. The fourth-order valence-corrected chi connectivity index (χ4v) is 3.73. The molecule has 29 heavy (non-hydrogen) atoms. The van der Waals surface area contributed by atoms with Crippen molar-refractivity contribution in [2.24, 2.45) is 11.7 Å². The minimum absolute atomic E-state index is 0.0221. The van der Waals surface area contributed by atoms with Gasteiger partial charge in [0.1, 0.15) is 6.10 Å². The van der Waals surface area contributed by atoms with Gasteiger partial charge in [-0.25, -0.2) is 0 Å². The number of hydrogen-bond donors (Lipinski definition) is 1. The molecule has 0 amide bonds. The third-order valence-corrected chi connectivity index (χ3v) is 5.32. The summed E-state index contributed by atoms with van der Waals surface area (Å²) < 4.78 is 24.9. The van der Waals surface area contributed by atoms with Gasteiger partial charge in [-0.3, -0.25) is 0 Å². The number of nitrogens with two attached hydrogens (primary N) is 1. The van der Waals surface area contributed by atoms with Crippen molar-refractivity contribution in [3.05, 3.63) is 71.8 Å². The van der Waals surface area contributed by atoms with Gasteiger partial charge < -0.3 is 24.7 Å². The summed E-state index contributed by atoms with van der Waals surface area (Å²) in [5, 5.41) is 0. The van der Waals surface area contributed by atoms with E-state index in [2.05, 4.69) is 38.1 Å². The zero-order chi connectivity index (χ0) is 20.5. The Hall–Kier alpha value is -1.76. The summed E-state index contributed by atoms with van der Waals surface area (Å²) in [5.41, 5.74) is 7.91. The van der Waals surface area contributed by atoms with Crippen molar-refractivity contribution in [1.29, 1.82) is 0 Å². The Kier molecular flexibility index (Phi) is 8.65. The minimum Gasteiger partial charge on any atom is -0.370 e. The van der Waals surface area contributed by atoms with Crippen LogP contribution in [0.4, 0.5) is 0 Å². The van der Waals surface area contributed by atoms with Crippen LogP contribution in [0.15, 0.2) is 60.7 Å². The van der Waals surface area contributed by atoms with E-state index in [4.69, 9.17) is 24.7 Å². The van der Waals surface area contributed by atoms with Crippen LogP contribution in [0.3, 0.4) is 0 Å². The van der Waals surface area contributed by atoms with Crippen LogP contribution in [-0.4, -0.2) is 37.8 Å². The van der Waals surface area contributed by atoms with Crippen LogP contribution in [0.2, 0.25) is 0 Å². The van der Waals surface area contributed by atoms with Crippen molar-refractivity contribution in [3.8, 4) is 0 Å². The Morgan fingerprint density at radius 3 is 1.90 bits per heavy atom. The third kappa shape index (κ3) is 6.11. The molecule has 5 atom stereocenters. The largest absolute Gasteiger partial charge is 0.370 e. The molecule has 158 valence electrons. The van der Waals surface area contributed by atoms with Crippen molar-refractivity contribution in [2.45, 2.75) is 58.1 Å². The SMILES string of the molecule is CCC1OC(OCCN)C(C)C(OCc2ccccc2)C1OCc1ccccc1. The normalized spacial score (nSPS) is 27.1. The highest BCUT2D eigenvalue weighted by atomic mass is 16.7. The molecule has 0 spiro atoms. The lowest BCUT2D eigenvalue weighted by Gasteiger charge is -2.45. The summed E-state index contributed by atoms with van der Waals surface area (Å²) >= 11 is 0. The molecule has 1 aliphatic rings. The van der Waals surface area contributed by atoms with E-state index in [0.29, 0.717) is 26.4 Å². The van der Waals surface area contributed by atoms with Crippen LogP contribution in [0.5, 0.6) is 0 Å². The number of ether oxygens (including phenoxy) is 4. The maximum Gasteiger partial charge on any atom is 0.163 e. The smallest absolute Gasteiger partial charge is 0.163 e. The molecule has 0 aromatic heterocycles. The molecule has 5 heteroatoms. The van der Waals surface area contributed by atoms with Crippen molar-refractivity contribution < 1.29 is 18.9 Å². The molecule has 5 unspecified atom stereocenters. The molecule has 1 saturated heterocycles. The van der Waals surface area contributed by atoms with Crippen LogP contribution in [0.25, 0.3) is 0 Å². The molecule has 2 aromatic carbocycles. The Labute approximate surface area is 174 Å². The molecule has 3 rings (SSSR count). The summed E-state index contributed by atoms with van der Waals surface area (Å²) in [6, 6.07) is 20.4. The minimum atomic E-state index is -0.346. The first-order valence-electron chi connectivity index (χ1n) is 10.5. The molecule has 1 aliphatic heterocycles. The third-order valence-electron chi connectivity index (χ3n) is 5.32. The first-order valence-corrected chi connectivity index (χ1v) is 10.5. The molecule has 0 bridgehead atoms. The first kappa shape index (κ1) is 21.9. The Bertz CT molecular complexity index is 697. The fourth-order valence-electron chi connectivity index (χ4n) is 3.73. The van der Waals surface area contributed by atoms with Gasteiger partial charge in [0.05, 0.1) is 32.0 Å². The maximum atomic E-state index is 6.41. The monoisotopic (exact) mass is 399 g/mol. The molecule has 0 saturated carbocycles. The van der Waals surface area contributed by atoms with E-state index >= 15 is 0 Å². The Morgan fingerprint density at radius 1 is 0.828 bits per heavy atom. The van der Waals surface area contributed by atoms with Crippen molar-refractivity contribution >= 4 is 0 Å². The highest BCUT2D eigenvalue weighted by Gasteiger charge is 2.45. The molecule has 0 aliphatic carbocycles. The zero-order valence-electron chi connectivity index (χ0n) is 17.4. The van der Waals surface area contributed by atoms with Crippen LogP contribution < -0.4 is 5.73 Å². The quantitative estimate of drug-likeness (QED) is 0.656. The standard InChI is InChI=1S/C24H33NO4/c1-3-21-23(28-17-20-12-8-5-9-13-20)22(18(2)24(29-21)26-15-14-25)27-16-19-10-6-4-7-11-19/h4-13,18,21-24H,3,14-17,25H2,1-2H3. The van der Waals surface area contributed by atoms with E-state index in [1.807, 2.05) is 36.4 Å². The molecular weight excluding hydrogens is 366 g/mol. The Morgan fingerprint density at radius 2 is 1.38 bits per heavy atom. The van der Waals surface area contributed by atoms with Gasteiger partial charge in [-0.1, -0.05) is 74.5 Å². The van der Waals surface area contributed by atoms with Gasteiger partial charge >= 0.3 is 0 Å². The van der Waals surface area contributed by atoms with E-state index in [1.54, 1.807) is 0 Å². The lowest BCUT2D eigenvalue weighted by molar-refractivity contribution is -0.294. The Balaban J connectivity index is 1.74. The highest BCUT2D eigenvalue weighted by molar-refractivity contribution is 5.14. The van der Waals surface area contributed by atoms with E-state index in [-0.39, 0.29) is 30.5 Å². The van der Waals surface area contributed by atoms with Crippen molar-refractivity contribution in [2.75, 3.05) is 13.2 Å². The summed E-state index contributed by atoms with van der Waals surface area (Å²) in [6.07, 6.45) is 0.0659. The highest BCUT2D eigenvalue weighted by Crippen LogP contribution is 2.33. The second-order valence-corrected chi connectivity index (χ2v) is 7.49. The van der Waals surface area contributed by atoms with Crippen LogP contribution in [0, 0.1) is 5.92 Å². The van der Waals surface area contributed by atoms with Gasteiger partial charge in [0.25, 0.3) is 0 Å². The van der Waals surface area contributed by atoms with Gasteiger partial charge in [-0.15, -0.1) is 0 Å². The first-order chi connectivity index (χ1) is 14.2. The van der Waals surface area contributed by atoms with Gasteiger partial charge in [-0.2, -0.15) is 0 Å². The summed E-state index contributed by atoms with van der Waals surface area (Å²) in [7, 11) is 0. The second kappa shape index (κ2) is 11.4. The molecule has 2 N–H and O–H groups in total. The summed E-state index contributed by atoms with van der Waals surface area (Å²) in [5.74, 6) is 0.0221. The number of rotatable bonds is 10. The van der Waals surface area contributed by atoms with Crippen molar-refractivity contribution in [1.82, 2.24) is 0 Å². The van der Waals surface area contributed by atoms with Crippen molar-refractivity contribution in [3.63, 3.8) is 0 Å². The molecular formula is C24H33NO4. The van der Waals surface area contributed by atoms with Gasteiger partial charge in [0, 0.05) is 12.5 Å². The second-order valence-electron chi connectivity index (χ2n) is 7.49. The number of hydrogen-bond acceptors (Lipinski definition) is 5. The predicted octanol–water partition coefficient (Wildman–Crippen LogP) is 3.90. The topological polar surface area (TPSA) is 62.9 Å². The van der Waals surface area contributed by atoms with Gasteiger partial charge in [-0.05, 0) is 17.5 Å². The lowest BCUT2D eigenvalue weighted by atomic mass is 9.90. The number of benzene rings is 2. The predicted molar refractivity (Wildman–Crippen MR) is 113 cm³/mol. The van der Waals surface area contributed by atoms with E-state index in [0.717, 1.165) is 17.5 Å². The van der Waals surface area contributed by atoms with E-state index in [1.165, 1.54) is 0 Å². The van der Waals surface area contributed by atoms with Crippen LogP contribution in [-0.2, 0) is 32.2 Å². The molecule has 1 heterocycles. The maximum absolute atomic E-state index is 6.41. The molecule has 1 fully saturated rings. The summed E-state index contributed by atoms with van der Waals surface area (Å²) in [4.78, 5) is 0. The molecule has 2 aromatic rings. The van der Waals surface area contributed by atoms with Gasteiger partial charge in [0.2, 0.25) is 0 Å². The fraction of sp³-hybridized carbons (Fsp3) is 0.500. The van der Waals surface area contributed by atoms with Crippen LogP contribution in [0.1, 0.15) is 31.4 Å².